The number of epoxide rings is 1. The second kappa shape index (κ2) is 8.80. The van der Waals surface area contributed by atoms with Gasteiger partial charge in [0.1, 0.15) is 17.0 Å². The number of ether oxygens (including phenoxy) is 2. The molecule has 0 aromatic carbocycles. The van der Waals surface area contributed by atoms with E-state index < -0.39 is 71.4 Å². The molecule has 2 rings (SSSR count). The lowest BCUT2D eigenvalue weighted by Gasteiger charge is -2.41. The van der Waals surface area contributed by atoms with Gasteiger partial charge in [0.25, 0.3) is 0 Å². The molecule has 0 saturated carbocycles. The van der Waals surface area contributed by atoms with Crippen LogP contribution in [0, 0.1) is 23.7 Å². The van der Waals surface area contributed by atoms with Crippen molar-refractivity contribution in [2.24, 2.45) is 23.7 Å². The summed E-state index contributed by atoms with van der Waals surface area (Å²) >= 11 is 0. The van der Waals surface area contributed by atoms with Gasteiger partial charge in [0, 0.05) is 17.8 Å². The predicted molar refractivity (Wildman–Crippen MR) is 105 cm³/mol. The van der Waals surface area contributed by atoms with Gasteiger partial charge in [-0.15, -0.1) is 0 Å². The molecule has 9 heteroatoms. The number of ketones is 1. The van der Waals surface area contributed by atoms with Gasteiger partial charge in [0.2, 0.25) is 0 Å². The first kappa shape index (κ1) is 25.2. The molecule has 0 radical (unpaired) electrons. The van der Waals surface area contributed by atoms with Crippen LogP contribution in [0.25, 0.3) is 0 Å². The highest BCUT2D eigenvalue weighted by Crippen LogP contribution is 2.43. The molecule has 2 aliphatic heterocycles. The number of hydrogen-bond acceptors (Lipinski definition) is 9. The number of carbonyl (C=O) groups excluding carboxylic acids is 2. The highest BCUT2D eigenvalue weighted by molar-refractivity contribution is 5.83. The Morgan fingerprint density at radius 2 is 1.57 bits per heavy atom. The average Bonchev–Trinajstić information content (AvgIpc) is 3.46. The van der Waals surface area contributed by atoms with Gasteiger partial charge in [-0.2, -0.15) is 0 Å². The summed E-state index contributed by atoms with van der Waals surface area (Å²) in [6.07, 6.45) is -6.80. The topological polar surface area (TPSA) is 157 Å². The zero-order valence-corrected chi connectivity index (χ0v) is 18.5. The largest absolute Gasteiger partial charge is 0.456 e. The molecule has 2 aliphatic rings. The Kier molecular flexibility index (Phi) is 7.38. The van der Waals surface area contributed by atoms with Gasteiger partial charge in [-0.3, -0.25) is 9.59 Å². The van der Waals surface area contributed by atoms with Gasteiger partial charge in [-0.1, -0.05) is 20.8 Å². The van der Waals surface area contributed by atoms with E-state index in [9.17, 15) is 35.1 Å². The Morgan fingerprint density at radius 3 is 2.03 bits per heavy atom. The number of aliphatic hydroxyl groups excluding tert-OH is 4. The third kappa shape index (κ3) is 4.56. The molecule has 11 atom stereocenters. The van der Waals surface area contributed by atoms with E-state index in [0.717, 1.165) is 0 Å². The second-order valence-corrected chi connectivity index (χ2v) is 9.50. The molecule has 5 N–H and O–H groups in total. The Balaban J connectivity index is 2.47. The van der Waals surface area contributed by atoms with Crippen molar-refractivity contribution in [2.45, 2.75) is 89.7 Å². The number of aliphatic hydroxyl groups is 5. The van der Waals surface area contributed by atoms with Gasteiger partial charge in [-0.25, -0.2) is 0 Å². The second-order valence-electron chi connectivity index (χ2n) is 9.50. The van der Waals surface area contributed by atoms with E-state index in [1.165, 1.54) is 27.7 Å². The SMILES string of the molecule is CC(O)[C@@H]1OC(=O)[C@H](C)[C@@H](O)[C@H](C)[C@@H](O)[C@@]2(CO2)C[C@@H](C)C(=O)[C@H](C)[C@@H](O)[C@]1(C)O. The summed E-state index contributed by atoms with van der Waals surface area (Å²) in [7, 11) is 0. The summed E-state index contributed by atoms with van der Waals surface area (Å²) in [5, 5.41) is 53.3. The summed E-state index contributed by atoms with van der Waals surface area (Å²) in [6, 6.07) is 0. The van der Waals surface area contributed by atoms with Gasteiger partial charge in [0.05, 0.1) is 36.9 Å². The maximum absolute atomic E-state index is 12.9. The monoisotopic (exact) mass is 432 g/mol. The van der Waals surface area contributed by atoms with Crippen molar-refractivity contribution in [3.63, 3.8) is 0 Å². The number of carbonyl (C=O) groups is 2. The Hall–Kier alpha value is -1.10. The maximum Gasteiger partial charge on any atom is 0.311 e. The summed E-state index contributed by atoms with van der Waals surface area (Å²) in [5.74, 6) is -4.77. The standard InChI is InChI=1S/C21H36O9/c1-9-7-21(8-29-21)17(26)11(3)15(24)12(4)19(27)30-18(13(5)22)20(6,28)16(25)10(2)14(9)23/h9-13,15-18,22,24-26,28H,7-8H2,1-6H3/t9-,10+,11+,12-,13?,15+,16-,17-,18+,20+,21+/m1/s1. The summed E-state index contributed by atoms with van der Waals surface area (Å²) in [5.41, 5.74) is -3.15. The smallest absolute Gasteiger partial charge is 0.311 e. The van der Waals surface area contributed by atoms with Crippen LogP contribution in [0.1, 0.15) is 48.0 Å². The number of esters is 1. The third-order valence-corrected chi connectivity index (χ3v) is 6.89. The Labute approximate surface area is 177 Å². The molecule has 1 spiro atoms. The molecule has 9 nitrogen and oxygen atoms in total. The number of cyclic esters (lactones) is 1. The lowest BCUT2D eigenvalue weighted by molar-refractivity contribution is -0.208. The van der Waals surface area contributed by atoms with E-state index in [2.05, 4.69) is 0 Å². The van der Waals surface area contributed by atoms with Crippen LogP contribution >= 0.6 is 0 Å². The zero-order valence-electron chi connectivity index (χ0n) is 18.5. The molecular formula is C21H36O9. The van der Waals surface area contributed by atoms with Crippen molar-refractivity contribution in [1.29, 1.82) is 0 Å². The molecule has 0 amide bonds. The third-order valence-electron chi connectivity index (χ3n) is 6.89. The highest BCUT2D eigenvalue weighted by atomic mass is 16.6. The first-order valence-electron chi connectivity index (χ1n) is 10.5. The minimum Gasteiger partial charge on any atom is -0.456 e. The first-order chi connectivity index (χ1) is 13.7. The Bertz CT molecular complexity index is 642. The van der Waals surface area contributed by atoms with Crippen LogP contribution in [0.15, 0.2) is 0 Å². The van der Waals surface area contributed by atoms with E-state index in [4.69, 9.17) is 9.47 Å². The fourth-order valence-corrected chi connectivity index (χ4v) is 4.60. The van der Waals surface area contributed by atoms with E-state index in [0.29, 0.717) is 0 Å². The van der Waals surface area contributed by atoms with Crippen LogP contribution in [-0.2, 0) is 19.1 Å². The normalized spacial score (nSPS) is 50.0. The minimum absolute atomic E-state index is 0.169. The molecule has 0 aromatic rings. The van der Waals surface area contributed by atoms with Crippen molar-refractivity contribution in [3.05, 3.63) is 0 Å². The number of hydrogen-bond donors (Lipinski definition) is 5. The number of rotatable bonds is 1. The van der Waals surface area contributed by atoms with Crippen LogP contribution in [0.5, 0.6) is 0 Å². The Morgan fingerprint density at radius 1 is 1.03 bits per heavy atom. The van der Waals surface area contributed by atoms with Crippen LogP contribution < -0.4 is 0 Å². The minimum atomic E-state index is -2.13. The van der Waals surface area contributed by atoms with Crippen molar-refractivity contribution >= 4 is 11.8 Å². The predicted octanol–water partition coefficient (Wildman–Crippen LogP) is -0.601. The molecule has 0 aliphatic carbocycles. The van der Waals surface area contributed by atoms with Crippen molar-refractivity contribution in [2.75, 3.05) is 6.61 Å². The molecule has 30 heavy (non-hydrogen) atoms. The lowest BCUT2D eigenvalue weighted by atomic mass is 9.75. The average molecular weight is 433 g/mol. The van der Waals surface area contributed by atoms with Crippen LogP contribution in [0.2, 0.25) is 0 Å². The van der Waals surface area contributed by atoms with Crippen molar-refractivity contribution in [1.82, 2.24) is 0 Å². The molecular weight excluding hydrogens is 396 g/mol. The van der Waals surface area contributed by atoms with E-state index in [1.54, 1.807) is 13.8 Å². The van der Waals surface area contributed by atoms with Gasteiger partial charge < -0.3 is 35.0 Å². The van der Waals surface area contributed by atoms with E-state index in [1.807, 2.05) is 0 Å². The molecule has 2 fully saturated rings. The maximum atomic E-state index is 12.9. The fraction of sp³-hybridized carbons (Fsp3) is 0.905. The first-order valence-corrected chi connectivity index (χ1v) is 10.5. The van der Waals surface area contributed by atoms with Gasteiger partial charge >= 0.3 is 5.97 Å². The summed E-state index contributed by atoms with van der Waals surface area (Å²) < 4.78 is 10.8. The van der Waals surface area contributed by atoms with Crippen LogP contribution in [0.4, 0.5) is 0 Å². The molecule has 0 bridgehead atoms. The fourth-order valence-electron chi connectivity index (χ4n) is 4.60. The van der Waals surface area contributed by atoms with Crippen molar-refractivity contribution in [3.8, 4) is 0 Å². The molecule has 174 valence electrons. The van der Waals surface area contributed by atoms with E-state index in [-0.39, 0.29) is 18.8 Å². The quantitative estimate of drug-likeness (QED) is 0.269. The summed E-state index contributed by atoms with van der Waals surface area (Å²) in [6.45, 7) is 8.80. The van der Waals surface area contributed by atoms with Crippen molar-refractivity contribution < 1.29 is 44.6 Å². The summed E-state index contributed by atoms with van der Waals surface area (Å²) in [4.78, 5) is 25.6. The lowest BCUT2D eigenvalue weighted by Crippen LogP contribution is -2.59. The van der Waals surface area contributed by atoms with Crippen LogP contribution in [-0.4, -0.2) is 85.6 Å². The molecule has 2 saturated heterocycles. The van der Waals surface area contributed by atoms with Gasteiger partial charge in [-0.05, 0) is 27.2 Å². The number of Topliss-reactive ketones (excluding diaryl/α,β-unsaturated/α-hetero) is 1. The zero-order chi connectivity index (χ0) is 23.2. The highest BCUT2D eigenvalue weighted by Gasteiger charge is 2.57. The van der Waals surface area contributed by atoms with Gasteiger partial charge in [0.15, 0.2) is 6.10 Å². The molecule has 2 heterocycles. The molecule has 0 aromatic heterocycles. The van der Waals surface area contributed by atoms with Crippen LogP contribution in [0.3, 0.4) is 0 Å². The van der Waals surface area contributed by atoms with E-state index >= 15 is 0 Å². The molecule has 1 unspecified atom stereocenters.